The van der Waals surface area contributed by atoms with Gasteiger partial charge in [0.25, 0.3) is 0 Å². The number of thiophene rings is 1. The van der Waals surface area contributed by atoms with Crippen molar-refractivity contribution in [1.29, 1.82) is 0 Å². The molecule has 0 saturated heterocycles. The minimum absolute atomic E-state index is 0.177. The molecule has 0 amide bonds. The lowest BCUT2D eigenvalue weighted by molar-refractivity contribution is 0.0698. The van der Waals surface area contributed by atoms with Crippen LogP contribution >= 0.6 is 11.3 Å². The normalized spacial score (nSPS) is 11.0. The van der Waals surface area contributed by atoms with Gasteiger partial charge in [0.1, 0.15) is 17.9 Å². The SMILES string of the molecule is CCOc1cc(-c2cc(NCCc3ccc4ccn(C)c4c3)ncn2)sc1C(=O)O. The van der Waals surface area contributed by atoms with Gasteiger partial charge in [-0.2, -0.15) is 0 Å². The fourth-order valence-corrected chi connectivity index (χ4v) is 4.21. The van der Waals surface area contributed by atoms with Gasteiger partial charge in [0.15, 0.2) is 4.88 Å². The van der Waals surface area contributed by atoms with Crippen molar-refractivity contribution >= 4 is 34.0 Å². The van der Waals surface area contributed by atoms with Crippen molar-refractivity contribution in [1.82, 2.24) is 14.5 Å². The Morgan fingerprint density at radius 1 is 1.23 bits per heavy atom. The van der Waals surface area contributed by atoms with Crippen LogP contribution in [0.15, 0.2) is 48.9 Å². The number of benzene rings is 1. The maximum atomic E-state index is 11.5. The van der Waals surface area contributed by atoms with Crippen molar-refractivity contribution in [3.63, 3.8) is 0 Å². The van der Waals surface area contributed by atoms with Gasteiger partial charge < -0.3 is 19.7 Å². The maximum Gasteiger partial charge on any atom is 0.349 e. The second-order valence-corrected chi connectivity index (χ2v) is 7.88. The first kappa shape index (κ1) is 19.9. The van der Waals surface area contributed by atoms with Crippen molar-refractivity contribution in [2.45, 2.75) is 13.3 Å². The Balaban J connectivity index is 1.46. The van der Waals surface area contributed by atoms with Crippen molar-refractivity contribution in [3.8, 4) is 16.3 Å². The highest BCUT2D eigenvalue weighted by molar-refractivity contribution is 7.17. The Bertz CT molecular complexity index is 1200. The van der Waals surface area contributed by atoms with Gasteiger partial charge in [-0.05, 0) is 36.4 Å². The van der Waals surface area contributed by atoms with Gasteiger partial charge in [-0.15, -0.1) is 11.3 Å². The number of nitrogens with one attached hydrogen (secondary N) is 1. The van der Waals surface area contributed by atoms with E-state index in [1.807, 2.05) is 20.0 Å². The number of anilines is 1. The van der Waals surface area contributed by atoms with Crippen molar-refractivity contribution < 1.29 is 14.6 Å². The number of fused-ring (bicyclic) bond motifs is 1. The molecule has 0 atom stereocenters. The third-order valence-electron chi connectivity index (χ3n) is 4.78. The van der Waals surface area contributed by atoms with Crippen LogP contribution in [-0.2, 0) is 13.5 Å². The Hall–Kier alpha value is -3.39. The summed E-state index contributed by atoms with van der Waals surface area (Å²) < 4.78 is 7.56. The number of rotatable bonds is 8. The van der Waals surface area contributed by atoms with E-state index in [0.717, 1.165) is 29.2 Å². The summed E-state index contributed by atoms with van der Waals surface area (Å²) in [6.07, 6.45) is 4.40. The molecule has 30 heavy (non-hydrogen) atoms. The van der Waals surface area contributed by atoms with E-state index >= 15 is 0 Å². The fourth-order valence-electron chi connectivity index (χ4n) is 3.30. The first-order chi connectivity index (χ1) is 14.5. The van der Waals surface area contributed by atoms with Crippen molar-refractivity contribution in [2.24, 2.45) is 7.05 Å². The van der Waals surface area contributed by atoms with Gasteiger partial charge >= 0.3 is 5.97 Å². The second kappa shape index (κ2) is 8.54. The lowest BCUT2D eigenvalue weighted by Crippen LogP contribution is -2.06. The van der Waals surface area contributed by atoms with E-state index in [4.69, 9.17) is 4.74 Å². The molecule has 0 spiro atoms. The van der Waals surface area contributed by atoms with E-state index in [2.05, 4.69) is 50.3 Å². The summed E-state index contributed by atoms with van der Waals surface area (Å²) in [6.45, 7) is 2.95. The molecule has 0 fully saturated rings. The molecule has 4 rings (SSSR count). The Kier molecular flexibility index (Phi) is 5.67. The molecule has 2 N–H and O–H groups in total. The molecule has 0 bridgehead atoms. The third-order valence-corrected chi connectivity index (χ3v) is 5.91. The smallest absolute Gasteiger partial charge is 0.349 e. The first-order valence-corrected chi connectivity index (χ1v) is 10.5. The van der Waals surface area contributed by atoms with E-state index < -0.39 is 5.97 Å². The summed E-state index contributed by atoms with van der Waals surface area (Å²) in [5, 5.41) is 13.9. The number of aromatic nitrogens is 3. The Labute approximate surface area is 178 Å². The lowest BCUT2D eigenvalue weighted by Gasteiger charge is -2.07. The molecule has 0 radical (unpaired) electrons. The summed E-state index contributed by atoms with van der Waals surface area (Å²) in [7, 11) is 2.05. The van der Waals surface area contributed by atoms with Crippen LogP contribution in [0.3, 0.4) is 0 Å². The number of aromatic carboxylic acids is 1. The highest BCUT2D eigenvalue weighted by Gasteiger charge is 2.18. The quantitative estimate of drug-likeness (QED) is 0.436. The van der Waals surface area contributed by atoms with Crippen LogP contribution in [0, 0.1) is 0 Å². The van der Waals surface area contributed by atoms with E-state index in [9.17, 15) is 9.90 Å². The van der Waals surface area contributed by atoms with Crippen LogP contribution in [0.5, 0.6) is 5.75 Å². The molecule has 0 aliphatic carbocycles. The summed E-state index contributed by atoms with van der Waals surface area (Å²) >= 11 is 1.15. The van der Waals surface area contributed by atoms with E-state index in [1.165, 1.54) is 22.8 Å². The van der Waals surface area contributed by atoms with E-state index in [-0.39, 0.29) is 4.88 Å². The molecular weight excluding hydrogens is 400 g/mol. The molecular formula is C22H22N4O3S. The molecule has 8 heteroatoms. The average molecular weight is 423 g/mol. The molecule has 0 aliphatic heterocycles. The molecule has 3 aromatic heterocycles. The van der Waals surface area contributed by atoms with E-state index in [1.54, 1.807) is 6.07 Å². The van der Waals surface area contributed by atoms with Crippen LogP contribution in [-0.4, -0.2) is 38.8 Å². The molecule has 4 aromatic rings. The average Bonchev–Trinajstić information content (AvgIpc) is 3.33. The Morgan fingerprint density at radius 2 is 2.10 bits per heavy atom. The van der Waals surface area contributed by atoms with Gasteiger partial charge in [-0.1, -0.05) is 12.1 Å². The minimum Gasteiger partial charge on any atom is -0.492 e. The predicted molar refractivity (Wildman–Crippen MR) is 119 cm³/mol. The molecule has 0 saturated carbocycles. The highest BCUT2D eigenvalue weighted by atomic mass is 32.1. The van der Waals surface area contributed by atoms with Gasteiger partial charge in [-0.3, -0.25) is 0 Å². The zero-order chi connectivity index (χ0) is 21.1. The van der Waals surface area contributed by atoms with Crippen LogP contribution < -0.4 is 10.1 Å². The number of ether oxygens (including phenoxy) is 1. The molecule has 3 heterocycles. The van der Waals surface area contributed by atoms with Gasteiger partial charge in [-0.25, -0.2) is 14.8 Å². The standard InChI is InChI=1S/C22H22N4O3S/c1-3-29-18-12-19(30-21(18)22(27)28)16-11-20(25-13-24-16)23-8-6-14-4-5-15-7-9-26(2)17(15)10-14/h4-5,7,9-13H,3,6,8H2,1-2H3,(H,27,28)(H,23,24,25). The molecule has 0 unspecified atom stereocenters. The topological polar surface area (TPSA) is 89.3 Å². The number of aryl methyl sites for hydroxylation is 1. The molecule has 7 nitrogen and oxygen atoms in total. The van der Waals surface area contributed by atoms with Gasteiger partial charge in [0, 0.05) is 37.4 Å². The van der Waals surface area contributed by atoms with E-state index in [0.29, 0.717) is 23.9 Å². The number of carboxylic acids is 1. The van der Waals surface area contributed by atoms with Crippen LogP contribution in [0.2, 0.25) is 0 Å². The number of hydrogen-bond donors (Lipinski definition) is 2. The van der Waals surface area contributed by atoms with Crippen molar-refractivity contribution in [3.05, 3.63) is 59.4 Å². The summed E-state index contributed by atoms with van der Waals surface area (Å²) in [5.74, 6) is 0.0645. The second-order valence-electron chi connectivity index (χ2n) is 6.83. The highest BCUT2D eigenvalue weighted by Crippen LogP contribution is 2.36. The molecule has 154 valence electrons. The third kappa shape index (κ3) is 4.13. The van der Waals surface area contributed by atoms with Gasteiger partial charge in [0.2, 0.25) is 0 Å². The molecule has 0 aliphatic rings. The maximum absolute atomic E-state index is 11.5. The summed E-state index contributed by atoms with van der Waals surface area (Å²) in [4.78, 5) is 20.9. The number of nitrogens with zero attached hydrogens (tertiary/aromatic N) is 3. The van der Waals surface area contributed by atoms with Crippen molar-refractivity contribution in [2.75, 3.05) is 18.5 Å². The molecule has 1 aromatic carbocycles. The zero-order valence-corrected chi connectivity index (χ0v) is 17.6. The fraction of sp³-hybridized carbons (Fsp3) is 0.227. The van der Waals surface area contributed by atoms with Crippen LogP contribution in [0.25, 0.3) is 21.5 Å². The first-order valence-electron chi connectivity index (χ1n) is 9.65. The van der Waals surface area contributed by atoms with Crippen LogP contribution in [0.4, 0.5) is 5.82 Å². The predicted octanol–water partition coefficient (Wildman–Crippen LogP) is 4.45. The zero-order valence-electron chi connectivity index (χ0n) is 16.8. The van der Waals surface area contributed by atoms with Crippen LogP contribution in [0.1, 0.15) is 22.2 Å². The monoisotopic (exact) mass is 422 g/mol. The number of carbonyl (C=O) groups is 1. The minimum atomic E-state index is -1.00. The Morgan fingerprint density at radius 3 is 2.90 bits per heavy atom. The number of hydrogen-bond acceptors (Lipinski definition) is 6. The summed E-state index contributed by atoms with van der Waals surface area (Å²) in [5.41, 5.74) is 3.13. The number of carboxylic acid groups (broad SMARTS) is 1. The largest absolute Gasteiger partial charge is 0.492 e. The van der Waals surface area contributed by atoms with Gasteiger partial charge in [0.05, 0.1) is 17.2 Å². The lowest BCUT2D eigenvalue weighted by atomic mass is 10.1. The summed E-state index contributed by atoms with van der Waals surface area (Å²) in [6, 6.07) is 12.1.